The van der Waals surface area contributed by atoms with Crippen LogP contribution in [0.25, 0.3) is 34.0 Å². The smallest absolute Gasteiger partial charge is 0.308 e. The van der Waals surface area contributed by atoms with Crippen molar-refractivity contribution in [3.05, 3.63) is 217 Å². The van der Waals surface area contributed by atoms with Crippen molar-refractivity contribution >= 4 is 46.8 Å². The lowest BCUT2D eigenvalue weighted by Gasteiger charge is -2.34. The number of carbonyl (C=O) groups excluding carboxylic acids is 2. The molecule has 102 heavy (non-hydrogen) atoms. The Labute approximate surface area is 602 Å². The number of ether oxygens (including phenoxy) is 3. The topological polar surface area (TPSA) is 233 Å². The van der Waals surface area contributed by atoms with Gasteiger partial charge in [-0.15, -0.1) is 0 Å². The van der Waals surface area contributed by atoms with Crippen LogP contribution in [0.15, 0.2) is 214 Å². The number of nitrogens with zero attached hydrogens (tertiary/aromatic N) is 6. The van der Waals surface area contributed by atoms with Crippen molar-refractivity contribution in [1.82, 2.24) is 14.7 Å². The van der Waals surface area contributed by atoms with Crippen molar-refractivity contribution in [2.75, 3.05) is 73.7 Å². The minimum atomic E-state index is -1.96. The lowest BCUT2D eigenvalue weighted by molar-refractivity contribution is -0.143. The molecule has 3 aliphatic heterocycles. The van der Waals surface area contributed by atoms with Crippen molar-refractivity contribution < 1.29 is 72.2 Å². The normalized spacial score (nSPS) is 16.8. The quantitative estimate of drug-likeness (QED) is 0.0414. The van der Waals surface area contributed by atoms with Gasteiger partial charge in [0, 0.05) is 127 Å². The zero-order chi connectivity index (χ0) is 75.7. The van der Waals surface area contributed by atoms with Crippen molar-refractivity contribution in [1.29, 1.82) is 0 Å². The number of benzene rings is 6. The molecule has 0 saturated carbocycles. The van der Waals surface area contributed by atoms with Gasteiger partial charge in [0.25, 0.3) is 11.8 Å². The number of piperidine rings is 1. The SMILES string of the molecule is [2H]C(C)(C)N(Cc1ccccc1OC1CCCN(CCC(=O)O)C1)c1ccc(-c2ccco2)cc1.[2H]C(C)(C)N(Cc1ccccc1OCC(=O)N1CCC(C(=O)O)C1)c1ccc(-c2ccco2)cc1.[2H]C([2H])(c1ccccc1OCC(=O)N1CCC(C(=O)O)C1)N(c1ccc(-c2ccco2)cc1)C(C)C. The lowest BCUT2D eigenvalue weighted by atomic mass is 10.1. The predicted octanol–water partition coefficient (Wildman–Crippen LogP) is 15.0. The van der Waals surface area contributed by atoms with Gasteiger partial charge in [-0.1, -0.05) is 54.6 Å². The number of carbonyl (C=O) groups is 5. The van der Waals surface area contributed by atoms with E-state index in [0.29, 0.717) is 62.6 Å². The summed E-state index contributed by atoms with van der Waals surface area (Å²) in [5.41, 5.74) is 7.52. The van der Waals surface area contributed by atoms with Crippen molar-refractivity contribution in [2.45, 2.75) is 117 Å². The fourth-order valence-corrected chi connectivity index (χ4v) is 12.5. The average Bonchev–Trinajstić information content (AvgIpc) is 1.17. The summed E-state index contributed by atoms with van der Waals surface area (Å²) in [6.07, 6.45) is 7.89. The number of hydrogen-bond donors (Lipinski definition) is 3. The summed E-state index contributed by atoms with van der Waals surface area (Å²) in [5.74, 6) is -0.187. The molecule has 6 aromatic carbocycles. The zero-order valence-electron chi connectivity index (χ0n) is 62.7. The van der Waals surface area contributed by atoms with Gasteiger partial charge in [-0.3, -0.25) is 28.9 Å². The number of aliphatic carboxylic acids is 3. The molecule has 0 bridgehead atoms. The maximum absolute atomic E-state index is 12.6. The van der Waals surface area contributed by atoms with E-state index in [2.05, 4.69) is 15.9 Å². The average molecular weight is 1390 g/mol. The molecule has 12 rings (SSSR count). The maximum atomic E-state index is 12.6. The number of anilines is 3. The summed E-state index contributed by atoms with van der Waals surface area (Å²) in [5, 5.41) is 27.4. The van der Waals surface area contributed by atoms with Gasteiger partial charge < -0.3 is 67.3 Å². The van der Waals surface area contributed by atoms with Crippen LogP contribution in [0.2, 0.25) is 0 Å². The summed E-state index contributed by atoms with van der Waals surface area (Å²) in [7, 11) is 0. The second-order valence-electron chi connectivity index (χ2n) is 26.2. The highest BCUT2D eigenvalue weighted by molar-refractivity contribution is 5.81. The van der Waals surface area contributed by atoms with E-state index in [1.807, 2.05) is 198 Å². The second-order valence-corrected chi connectivity index (χ2v) is 26.2. The Hall–Kier alpha value is -10.7. The van der Waals surface area contributed by atoms with Crippen LogP contribution in [-0.2, 0) is 43.6 Å². The summed E-state index contributed by atoms with van der Waals surface area (Å²) < 4.78 is 70.3. The van der Waals surface area contributed by atoms with Crippen LogP contribution in [0.5, 0.6) is 17.2 Å². The largest absolute Gasteiger partial charge is 0.489 e. The molecule has 536 valence electrons. The van der Waals surface area contributed by atoms with Crippen molar-refractivity contribution in [2.24, 2.45) is 11.8 Å². The van der Waals surface area contributed by atoms with Gasteiger partial charge in [0.15, 0.2) is 13.2 Å². The van der Waals surface area contributed by atoms with Gasteiger partial charge in [-0.2, -0.15) is 0 Å². The van der Waals surface area contributed by atoms with Gasteiger partial charge in [-0.25, -0.2) is 0 Å². The summed E-state index contributed by atoms with van der Waals surface area (Å²) in [6.45, 7) is 13.1. The third kappa shape index (κ3) is 20.5. The Kier molecular flexibility index (Phi) is 24.2. The van der Waals surface area contributed by atoms with Crippen molar-refractivity contribution in [3.63, 3.8) is 0 Å². The molecule has 6 heterocycles. The molecular formula is C82H94N6O14. The molecule has 0 aliphatic carbocycles. The third-order valence-electron chi connectivity index (χ3n) is 18.1. The molecular weight excluding hydrogens is 1290 g/mol. The molecule has 3 atom stereocenters. The van der Waals surface area contributed by atoms with E-state index in [1.165, 1.54) is 4.90 Å². The minimum absolute atomic E-state index is 0.0173. The van der Waals surface area contributed by atoms with E-state index in [-0.39, 0.29) is 62.4 Å². The molecule has 20 nitrogen and oxygen atoms in total. The van der Waals surface area contributed by atoms with Crippen LogP contribution >= 0.6 is 0 Å². The monoisotopic (exact) mass is 1390 g/mol. The molecule has 3 saturated heterocycles. The number of furan rings is 3. The first kappa shape index (κ1) is 68.4. The van der Waals surface area contributed by atoms with E-state index >= 15 is 0 Å². The highest BCUT2D eigenvalue weighted by Gasteiger charge is 2.33. The van der Waals surface area contributed by atoms with Crippen LogP contribution in [0.1, 0.15) is 95.8 Å². The van der Waals surface area contributed by atoms with E-state index in [1.54, 1.807) is 52.9 Å². The number of carboxylic acid groups (broad SMARTS) is 3. The van der Waals surface area contributed by atoms with Crippen LogP contribution in [0.3, 0.4) is 0 Å². The first-order chi connectivity index (χ1) is 50.7. The number of hydrogen-bond acceptors (Lipinski definition) is 15. The molecule has 20 heteroatoms. The van der Waals surface area contributed by atoms with Crippen LogP contribution in [0, 0.1) is 11.8 Å². The molecule has 0 radical (unpaired) electrons. The highest BCUT2D eigenvalue weighted by Crippen LogP contribution is 2.34. The number of carboxylic acids is 3. The fraction of sp³-hybridized carbons (Fsp3) is 0.354. The Morgan fingerprint density at radius 2 is 0.892 bits per heavy atom. The second kappa shape index (κ2) is 36.0. The molecule has 9 aromatic rings. The Balaban J connectivity index is 0.000000170. The number of amides is 2. The first-order valence-corrected chi connectivity index (χ1v) is 34.6. The Morgan fingerprint density at radius 3 is 1.28 bits per heavy atom. The molecule has 3 aliphatic rings. The highest BCUT2D eigenvalue weighted by atomic mass is 16.5. The predicted molar refractivity (Wildman–Crippen MR) is 394 cm³/mol. The van der Waals surface area contributed by atoms with E-state index < -0.39 is 48.3 Å². The Morgan fingerprint density at radius 1 is 0.490 bits per heavy atom. The summed E-state index contributed by atoms with van der Waals surface area (Å²) in [4.78, 5) is 69.4. The van der Waals surface area contributed by atoms with Crippen LogP contribution in [-0.4, -0.2) is 143 Å². The first-order valence-electron chi connectivity index (χ1n) is 36.6. The summed E-state index contributed by atoms with van der Waals surface area (Å²) >= 11 is 0. The molecule has 0 spiro atoms. The van der Waals surface area contributed by atoms with E-state index in [4.69, 9.17) is 43.2 Å². The van der Waals surface area contributed by atoms with Crippen LogP contribution in [0.4, 0.5) is 17.1 Å². The van der Waals surface area contributed by atoms with E-state index in [9.17, 15) is 29.1 Å². The van der Waals surface area contributed by atoms with Gasteiger partial charge in [-0.05, 0) is 201 Å². The molecule has 3 aromatic heterocycles. The van der Waals surface area contributed by atoms with Gasteiger partial charge in [0.05, 0.1) is 42.5 Å². The lowest BCUT2D eigenvalue weighted by Crippen LogP contribution is -2.42. The summed E-state index contributed by atoms with van der Waals surface area (Å²) in [6, 6.07) is 55.0. The number of likely N-dealkylation sites (tertiary alicyclic amines) is 3. The van der Waals surface area contributed by atoms with Gasteiger partial charge >= 0.3 is 17.9 Å². The van der Waals surface area contributed by atoms with Crippen molar-refractivity contribution in [3.8, 4) is 51.2 Å². The number of para-hydroxylation sites is 3. The molecule has 3 N–H and O–H groups in total. The van der Waals surface area contributed by atoms with Crippen LogP contribution < -0.4 is 28.9 Å². The maximum Gasteiger partial charge on any atom is 0.308 e. The third-order valence-corrected chi connectivity index (χ3v) is 18.1. The minimum Gasteiger partial charge on any atom is -0.489 e. The zero-order valence-corrected chi connectivity index (χ0v) is 58.7. The van der Waals surface area contributed by atoms with E-state index in [0.717, 1.165) is 88.2 Å². The molecule has 2 amide bonds. The molecule has 3 unspecified atom stereocenters. The fourth-order valence-electron chi connectivity index (χ4n) is 12.5. The van der Waals surface area contributed by atoms with Gasteiger partial charge in [0.1, 0.15) is 40.6 Å². The van der Waals surface area contributed by atoms with Gasteiger partial charge in [0.2, 0.25) is 0 Å². The number of rotatable bonds is 28. The molecule has 3 fully saturated rings. The Bertz CT molecular complexity index is 4320. The standard InChI is InChI=1S/C28H34N2O4.2C27H30N2O5/c1-21(2)30(24-13-11-22(12-14-24)26-10-6-18-33-26)19-23-7-3-4-9-27(23)34-25-8-5-16-29(20-25)17-15-28(31)32;2*1-19(2)29(23-11-9-20(10-12-23)24-8-5-15-33-24)17-21-6-3-4-7-25(21)34-18-26(30)28-14-13-22(16-28)27(31)32/h3-4,6-7,9-14,18,21,25H,5,8,15-17,19-20H2,1-2H3,(H,31,32);2*3-12,15,19,22H,13-14,16-18H2,1-2H3,(H,31,32)/i21D;19D;17D2.